The van der Waals surface area contributed by atoms with E-state index < -0.39 is 6.04 Å². The van der Waals surface area contributed by atoms with Crippen LogP contribution in [0.15, 0.2) is 30.3 Å². The van der Waals surface area contributed by atoms with Crippen LogP contribution in [-0.4, -0.2) is 36.0 Å². The summed E-state index contributed by atoms with van der Waals surface area (Å²) in [5.74, 6) is -0.0417. The summed E-state index contributed by atoms with van der Waals surface area (Å²) in [6.45, 7) is 2.65. The maximum Gasteiger partial charge on any atom is 0.236 e. The zero-order valence-electron chi connectivity index (χ0n) is 13.1. The Morgan fingerprint density at radius 2 is 2.00 bits per heavy atom. The first-order valence-corrected chi connectivity index (χ1v) is 7.88. The monoisotopic (exact) mass is 289 g/mol. The van der Waals surface area contributed by atoms with Gasteiger partial charge in [0.15, 0.2) is 0 Å². The van der Waals surface area contributed by atoms with Crippen LogP contribution in [-0.2, 0) is 11.3 Å². The Hall–Kier alpha value is -1.39. The molecule has 2 rings (SSSR count). The van der Waals surface area contributed by atoms with Crippen LogP contribution in [0, 0.1) is 0 Å². The van der Waals surface area contributed by atoms with E-state index in [1.807, 2.05) is 6.07 Å². The molecule has 0 unspecified atom stereocenters. The summed E-state index contributed by atoms with van der Waals surface area (Å²) in [4.78, 5) is 14.2. The number of hydrogen-bond acceptors (Lipinski definition) is 3. The van der Waals surface area contributed by atoms with E-state index in [-0.39, 0.29) is 11.9 Å². The Morgan fingerprint density at radius 1 is 1.33 bits per heavy atom. The quantitative estimate of drug-likeness (QED) is 0.870. The van der Waals surface area contributed by atoms with Gasteiger partial charge in [-0.15, -0.1) is 0 Å². The van der Waals surface area contributed by atoms with Gasteiger partial charge in [0.1, 0.15) is 0 Å². The minimum absolute atomic E-state index is 0.0417. The standard InChI is InChI=1S/C17H27N3O/c1-13(18)17(21)19-15-10-6-7-11-16(15)20(2)12-14-8-4-3-5-9-14/h3-5,8-9,13,15-16H,6-7,10-12,18H2,1-2H3,(H,19,21)/t13-,15+,16-/m0/s1. The van der Waals surface area contributed by atoms with Gasteiger partial charge in [0.25, 0.3) is 0 Å². The van der Waals surface area contributed by atoms with E-state index in [2.05, 4.69) is 41.5 Å². The number of hydrogen-bond donors (Lipinski definition) is 2. The molecule has 1 aliphatic rings. The summed E-state index contributed by atoms with van der Waals surface area (Å²) < 4.78 is 0. The highest BCUT2D eigenvalue weighted by molar-refractivity contribution is 5.81. The van der Waals surface area contributed by atoms with E-state index in [0.29, 0.717) is 6.04 Å². The van der Waals surface area contributed by atoms with Crippen molar-refractivity contribution in [2.75, 3.05) is 7.05 Å². The Bertz CT molecular complexity index is 447. The Morgan fingerprint density at radius 3 is 2.67 bits per heavy atom. The highest BCUT2D eigenvalue weighted by Crippen LogP contribution is 2.23. The second-order valence-electron chi connectivity index (χ2n) is 6.16. The smallest absolute Gasteiger partial charge is 0.236 e. The summed E-state index contributed by atoms with van der Waals surface area (Å²) in [5.41, 5.74) is 6.98. The van der Waals surface area contributed by atoms with Crippen molar-refractivity contribution in [2.45, 2.75) is 57.3 Å². The van der Waals surface area contributed by atoms with Crippen LogP contribution >= 0.6 is 0 Å². The fourth-order valence-electron chi connectivity index (χ4n) is 3.11. The molecule has 1 aromatic carbocycles. The number of nitrogens with two attached hydrogens (primary N) is 1. The fraction of sp³-hybridized carbons (Fsp3) is 0.588. The molecule has 3 atom stereocenters. The molecule has 3 N–H and O–H groups in total. The lowest BCUT2D eigenvalue weighted by Crippen LogP contribution is -2.54. The lowest BCUT2D eigenvalue weighted by atomic mass is 9.89. The van der Waals surface area contributed by atoms with Gasteiger partial charge in [-0.3, -0.25) is 9.69 Å². The average molecular weight is 289 g/mol. The second-order valence-corrected chi connectivity index (χ2v) is 6.16. The number of carbonyl (C=O) groups is 1. The van der Waals surface area contributed by atoms with Gasteiger partial charge in [0.05, 0.1) is 6.04 Å². The first kappa shape index (κ1) is 16.0. The minimum Gasteiger partial charge on any atom is -0.350 e. The van der Waals surface area contributed by atoms with E-state index in [4.69, 9.17) is 5.73 Å². The van der Waals surface area contributed by atoms with Gasteiger partial charge in [0, 0.05) is 18.6 Å². The Labute approximate surface area is 127 Å². The zero-order valence-corrected chi connectivity index (χ0v) is 13.1. The number of rotatable bonds is 5. The maximum atomic E-state index is 11.9. The molecule has 21 heavy (non-hydrogen) atoms. The van der Waals surface area contributed by atoms with Crippen molar-refractivity contribution in [1.82, 2.24) is 10.2 Å². The number of amides is 1. The number of carbonyl (C=O) groups excluding carboxylic acids is 1. The SMILES string of the molecule is C[C@H](N)C(=O)N[C@@H]1CCCC[C@@H]1N(C)Cc1ccccc1. The Balaban J connectivity index is 1.98. The van der Waals surface area contributed by atoms with E-state index >= 15 is 0 Å². The molecule has 1 saturated carbocycles. The molecule has 4 nitrogen and oxygen atoms in total. The van der Waals surface area contributed by atoms with Crippen molar-refractivity contribution < 1.29 is 4.79 Å². The summed E-state index contributed by atoms with van der Waals surface area (Å²) >= 11 is 0. The lowest BCUT2D eigenvalue weighted by molar-refractivity contribution is -0.123. The number of benzene rings is 1. The molecule has 0 saturated heterocycles. The van der Waals surface area contributed by atoms with Gasteiger partial charge in [-0.25, -0.2) is 0 Å². The molecule has 0 bridgehead atoms. The molecule has 1 amide bonds. The van der Waals surface area contributed by atoms with Crippen LogP contribution in [0.4, 0.5) is 0 Å². The van der Waals surface area contributed by atoms with Crippen LogP contribution in [0.25, 0.3) is 0 Å². The molecule has 116 valence electrons. The van der Waals surface area contributed by atoms with Crippen molar-refractivity contribution in [3.8, 4) is 0 Å². The van der Waals surface area contributed by atoms with E-state index in [1.54, 1.807) is 6.92 Å². The van der Waals surface area contributed by atoms with Gasteiger partial charge in [-0.1, -0.05) is 43.2 Å². The molecule has 4 heteroatoms. The first-order chi connectivity index (χ1) is 10.1. The summed E-state index contributed by atoms with van der Waals surface area (Å²) in [6, 6.07) is 10.6. The van der Waals surface area contributed by atoms with Gasteiger partial charge in [0.2, 0.25) is 5.91 Å². The van der Waals surface area contributed by atoms with Crippen LogP contribution in [0.1, 0.15) is 38.2 Å². The molecule has 1 fully saturated rings. The predicted molar refractivity (Wildman–Crippen MR) is 85.7 cm³/mol. The molecule has 0 heterocycles. The van der Waals surface area contributed by atoms with Crippen molar-refractivity contribution in [1.29, 1.82) is 0 Å². The predicted octanol–water partition coefficient (Wildman–Crippen LogP) is 1.89. The average Bonchev–Trinajstić information content (AvgIpc) is 2.48. The molecule has 1 aliphatic carbocycles. The van der Waals surface area contributed by atoms with Crippen LogP contribution < -0.4 is 11.1 Å². The zero-order chi connectivity index (χ0) is 15.2. The normalized spacial score (nSPS) is 23.8. The number of nitrogens with zero attached hydrogens (tertiary/aromatic N) is 1. The van der Waals surface area contributed by atoms with Crippen molar-refractivity contribution >= 4 is 5.91 Å². The largest absolute Gasteiger partial charge is 0.350 e. The van der Waals surface area contributed by atoms with Crippen molar-refractivity contribution in [3.63, 3.8) is 0 Å². The summed E-state index contributed by atoms with van der Waals surface area (Å²) in [7, 11) is 2.15. The number of likely N-dealkylation sites (N-methyl/N-ethyl adjacent to an activating group) is 1. The van der Waals surface area contributed by atoms with Crippen LogP contribution in [0.3, 0.4) is 0 Å². The Kier molecular flexibility index (Phi) is 5.76. The fourth-order valence-corrected chi connectivity index (χ4v) is 3.11. The van der Waals surface area contributed by atoms with Gasteiger partial charge >= 0.3 is 0 Å². The van der Waals surface area contributed by atoms with Crippen LogP contribution in [0.5, 0.6) is 0 Å². The van der Waals surface area contributed by atoms with Crippen LogP contribution in [0.2, 0.25) is 0 Å². The van der Waals surface area contributed by atoms with E-state index in [1.165, 1.54) is 18.4 Å². The topological polar surface area (TPSA) is 58.4 Å². The number of nitrogens with one attached hydrogen (secondary N) is 1. The van der Waals surface area contributed by atoms with Gasteiger partial charge in [-0.05, 0) is 32.4 Å². The second kappa shape index (κ2) is 7.57. The third-order valence-electron chi connectivity index (χ3n) is 4.31. The summed E-state index contributed by atoms with van der Waals surface area (Å²) in [6.07, 6.45) is 4.59. The van der Waals surface area contributed by atoms with Crippen molar-refractivity contribution in [2.24, 2.45) is 5.73 Å². The molecule has 0 aromatic heterocycles. The lowest BCUT2D eigenvalue weighted by Gasteiger charge is -2.38. The highest BCUT2D eigenvalue weighted by Gasteiger charge is 2.29. The van der Waals surface area contributed by atoms with Gasteiger partial charge < -0.3 is 11.1 Å². The van der Waals surface area contributed by atoms with E-state index in [9.17, 15) is 4.79 Å². The minimum atomic E-state index is -0.438. The maximum absolute atomic E-state index is 11.9. The third-order valence-corrected chi connectivity index (χ3v) is 4.31. The molecule has 0 spiro atoms. The molecular formula is C17H27N3O. The van der Waals surface area contributed by atoms with E-state index in [0.717, 1.165) is 19.4 Å². The molecular weight excluding hydrogens is 262 g/mol. The highest BCUT2D eigenvalue weighted by atomic mass is 16.2. The molecule has 0 aliphatic heterocycles. The molecule has 0 radical (unpaired) electrons. The summed E-state index contributed by atoms with van der Waals surface area (Å²) in [5, 5.41) is 3.13. The third kappa shape index (κ3) is 4.55. The molecule has 1 aromatic rings. The van der Waals surface area contributed by atoms with Crippen molar-refractivity contribution in [3.05, 3.63) is 35.9 Å². The van der Waals surface area contributed by atoms with Gasteiger partial charge in [-0.2, -0.15) is 0 Å². The first-order valence-electron chi connectivity index (χ1n) is 7.88.